The van der Waals surface area contributed by atoms with E-state index in [2.05, 4.69) is 22.7 Å². The van der Waals surface area contributed by atoms with E-state index in [-0.39, 0.29) is 5.75 Å². The lowest BCUT2D eigenvalue weighted by Crippen LogP contribution is -2.50. The second-order valence-corrected chi connectivity index (χ2v) is 3.34. The first kappa shape index (κ1) is 14.7. The number of carboxylic acids is 1. The second kappa shape index (κ2) is 7.07. The molecule has 92 valence electrons. The van der Waals surface area contributed by atoms with E-state index in [0.29, 0.717) is 0 Å². The number of methoxy groups -OCH3 is 1. The third-order valence-electron chi connectivity index (χ3n) is 1.72. The largest absolute Gasteiger partial charge is 0.481 e. The quantitative estimate of drug-likeness (QED) is 0.332. The number of carbonyl (C=O) groups excluding carboxylic acids is 2. The molecule has 0 aliphatic rings. The molecule has 4 N–H and O–H groups in total. The maximum atomic E-state index is 11.3. The van der Waals surface area contributed by atoms with Crippen molar-refractivity contribution < 1.29 is 24.2 Å². The molecule has 0 aromatic carbocycles. The highest BCUT2D eigenvalue weighted by Crippen LogP contribution is 1.95. The third kappa shape index (κ3) is 4.99. The molecule has 0 rings (SSSR count). The van der Waals surface area contributed by atoms with Crippen LogP contribution >= 0.6 is 12.6 Å². The van der Waals surface area contributed by atoms with Crippen LogP contribution in [0, 0.1) is 0 Å². The summed E-state index contributed by atoms with van der Waals surface area (Å²) in [5.74, 6) is -2.54. The van der Waals surface area contributed by atoms with Crippen LogP contribution in [0.5, 0.6) is 0 Å². The fourth-order valence-corrected chi connectivity index (χ4v) is 1.12. The molecule has 0 aromatic heterocycles. The van der Waals surface area contributed by atoms with E-state index >= 15 is 0 Å². The summed E-state index contributed by atoms with van der Waals surface area (Å²) in [5, 5.41) is 10.7. The average Bonchev–Trinajstić information content (AvgIpc) is 2.23. The van der Waals surface area contributed by atoms with Crippen LogP contribution in [0.15, 0.2) is 0 Å². The average molecular weight is 250 g/mol. The van der Waals surface area contributed by atoms with Gasteiger partial charge in [0.15, 0.2) is 0 Å². The summed E-state index contributed by atoms with van der Waals surface area (Å²) in [4.78, 5) is 32.7. The van der Waals surface area contributed by atoms with Crippen molar-refractivity contribution in [1.82, 2.24) is 5.32 Å². The van der Waals surface area contributed by atoms with E-state index in [9.17, 15) is 14.4 Å². The van der Waals surface area contributed by atoms with Crippen molar-refractivity contribution in [3.63, 3.8) is 0 Å². The first-order valence-corrected chi connectivity index (χ1v) is 5.02. The Morgan fingerprint density at radius 3 is 2.44 bits per heavy atom. The second-order valence-electron chi connectivity index (χ2n) is 2.97. The Morgan fingerprint density at radius 1 is 1.50 bits per heavy atom. The van der Waals surface area contributed by atoms with E-state index < -0.39 is 36.4 Å². The number of nitrogens with one attached hydrogen (secondary N) is 1. The number of rotatable bonds is 6. The van der Waals surface area contributed by atoms with Crippen LogP contribution in [0.4, 0.5) is 0 Å². The standard InChI is InChI=1S/C8H14N2O5S/c1-15-8(14)5(3-16)10-7(13)4(9)2-6(11)12/h4-5,16H,2-3,9H2,1H3,(H,10,13)(H,11,12)/t4-,5-/m0/s1. The highest BCUT2D eigenvalue weighted by atomic mass is 32.1. The molecule has 0 aliphatic carbocycles. The lowest BCUT2D eigenvalue weighted by atomic mass is 10.2. The Balaban J connectivity index is 4.29. The predicted molar refractivity (Wildman–Crippen MR) is 58.0 cm³/mol. The fraction of sp³-hybridized carbons (Fsp3) is 0.625. The molecular weight excluding hydrogens is 236 g/mol. The zero-order chi connectivity index (χ0) is 12.7. The van der Waals surface area contributed by atoms with Gasteiger partial charge in [-0.3, -0.25) is 9.59 Å². The molecule has 0 bridgehead atoms. The number of ether oxygens (including phenoxy) is 1. The van der Waals surface area contributed by atoms with Gasteiger partial charge in [-0.2, -0.15) is 12.6 Å². The molecule has 0 aliphatic heterocycles. The fourth-order valence-electron chi connectivity index (χ4n) is 0.881. The van der Waals surface area contributed by atoms with E-state index in [1.54, 1.807) is 0 Å². The van der Waals surface area contributed by atoms with Crippen molar-refractivity contribution in [2.24, 2.45) is 5.73 Å². The molecular formula is C8H14N2O5S. The molecule has 2 atom stereocenters. The first-order chi connectivity index (χ1) is 7.42. The SMILES string of the molecule is COC(=O)[C@H](CS)NC(=O)[C@@H](N)CC(=O)O. The number of hydrogen-bond acceptors (Lipinski definition) is 6. The van der Waals surface area contributed by atoms with Crippen LogP contribution in [0.25, 0.3) is 0 Å². The van der Waals surface area contributed by atoms with Gasteiger partial charge in [-0.15, -0.1) is 0 Å². The number of hydrogen-bond donors (Lipinski definition) is 4. The molecule has 0 heterocycles. The van der Waals surface area contributed by atoms with Crippen molar-refractivity contribution in [3.05, 3.63) is 0 Å². The molecule has 7 nitrogen and oxygen atoms in total. The molecule has 0 spiro atoms. The third-order valence-corrected chi connectivity index (χ3v) is 2.08. The molecule has 0 aromatic rings. The van der Waals surface area contributed by atoms with E-state index in [1.807, 2.05) is 0 Å². The molecule has 1 amide bonds. The summed E-state index contributed by atoms with van der Waals surface area (Å²) >= 11 is 3.85. The molecule has 0 unspecified atom stereocenters. The molecule has 0 radical (unpaired) electrons. The van der Waals surface area contributed by atoms with Crippen LogP contribution in [0.3, 0.4) is 0 Å². The van der Waals surface area contributed by atoms with Gasteiger partial charge in [-0.1, -0.05) is 0 Å². The number of esters is 1. The Hall–Kier alpha value is -1.28. The van der Waals surface area contributed by atoms with Crippen LogP contribution in [-0.4, -0.2) is 47.9 Å². The van der Waals surface area contributed by atoms with Crippen molar-refractivity contribution in [3.8, 4) is 0 Å². The van der Waals surface area contributed by atoms with Gasteiger partial charge in [0.25, 0.3) is 0 Å². The van der Waals surface area contributed by atoms with Crippen molar-refractivity contribution >= 4 is 30.5 Å². The van der Waals surface area contributed by atoms with E-state index in [4.69, 9.17) is 10.8 Å². The zero-order valence-electron chi connectivity index (χ0n) is 8.67. The van der Waals surface area contributed by atoms with Crippen LogP contribution in [0.2, 0.25) is 0 Å². The topological polar surface area (TPSA) is 119 Å². The van der Waals surface area contributed by atoms with Gasteiger partial charge < -0.3 is 20.9 Å². The summed E-state index contributed by atoms with van der Waals surface area (Å²) < 4.78 is 4.41. The molecule has 8 heteroatoms. The molecule has 0 saturated carbocycles. The smallest absolute Gasteiger partial charge is 0.329 e. The minimum atomic E-state index is -1.20. The van der Waals surface area contributed by atoms with Gasteiger partial charge in [-0.25, -0.2) is 4.79 Å². The summed E-state index contributed by atoms with van der Waals surface area (Å²) in [7, 11) is 1.17. The van der Waals surface area contributed by atoms with E-state index in [0.717, 1.165) is 0 Å². The van der Waals surface area contributed by atoms with Crippen molar-refractivity contribution in [2.45, 2.75) is 18.5 Å². The predicted octanol–water partition coefficient (Wildman–Crippen LogP) is -1.62. The Morgan fingerprint density at radius 2 is 2.06 bits per heavy atom. The molecule has 0 saturated heterocycles. The minimum absolute atomic E-state index is 0.0399. The van der Waals surface area contributed by atoms with Crippen LogP contribution in [0.1, 0.15) is 6.42 Å². The lowest BCUT2D eigenvalue weighted by molar-refractivity contribution is -0.144. The van der Waals surface area contributed by atoms with Crippen molar-refractivity contribution in [2.75, 3.05) is 12.9 Å². The summed E-state index contributed by atoms with van der Waals surface area (Å²) in [5.41, 5.74) is 5.29. The summed E-state index contributed by atoms with van der Waals surface area (Å²) in [6.07, 6.45) is -0.508. The number of aliphatic carboxylic acids is 1. The van der Waals surface area contributed by atoms with E-state index in [1.165, 1.54) is 7.11 Å². The minimum Gasteiger partial charge on any atom is -0.481 e. The molecule has 0 fully saturated rings. The van der Waals surface area contributed by atoms with Gasteiger partial charge in [0.05, 0.1) is 19.6 Å². The number of thiol groups is 1. The number of carbonyl (C=O) groups is 3. The lowest BCUT2D eigenvalue weighted by Gasteiger charge is -2.16. The Bertz CT molecular complexity index is 284. The maximum Gasteiger partial charge on any atom is 0.329 e. The number of carboxylic acid groups (broad SMARTS) is 1. The number of nitrogens with two attached hydrogens (primary N) is 1. The summed E-state index contributed by atoms with van der Waals surface area (Å²) in [6, 6.07) is -2.13. The Labute approximate surface area is 97.7 Å². The Kier molecular flexibility index (Phi) is 6.50. The molecule has 16 heavy (non-hydrogen) atoms. The zero-order valence-corrected chi connectivity index (χ0v) is 9.57. The van der Waals surface area contributed by atoms with Gasteiger partial charge >= 0.3 is 11.9 Å². The van der Waals surface area contributed by atoms with Crippen molar-refractivity contribution in [1.29, 1.82) is 0 Å². The van der Waals surface area contributed by atoms with Gasteiger partial charge in [-0.05, 0) is 0 Å². The van der Waals surface area contributed by atoms with Crippen LogP contribution in [-0.2, 0) is 19.1 Å². The van der Waals surface area contributed by atoms with Gasteiger partial charge in [0, 0.05) is 5.75 Å². The van der Waals surface area contributed by atoms with Gasteiger partial charge in [0.2, 0.25) is 5.91 Å². The highest BCUT2D eigenvalue weighted by molar-refractivity contribution is 7.80. The first-order valence-electron chi connectivity index (χ1n) is 4.38. The normalized spacial score (nSPS) is 13.7. The number of amides is 1. The monoisotopic (exact) mass is 250 g/mol. The van der Waals surface area contributed by atoms with Gasteiger partial charge in [0.1, 0.15) is 6.04 Å². The highest BCUT2D eigenvalue weighted by Gasteiger charge is 2.24. The maximum absolute atomic E-state index is 11.3. The van der Waals surface area contributed by atoms with Crippen LogP contribution < -0.4 is 11.1 Å². The summed E-state index contributed by atoms with van der Waals surface area (Å²) in [6.45, 7) is 0.